The molecule has 30 heavy (non-hydrogen) atoms. The monoisotopic (exact) mass is 529 g/mol. The Balaban J connectivity index is 0.00000320. The summed E-state index contributed by atoms with van der Waals surface area (Å²) in [5.41, 5.74) is 1.70. The average Bonchev–Trinajstić information content (AvgIpc) is 3.00. The fourth-order valence-electron chi connectivity index (χ4n) is 2.98. The van der Waals surface area contributed by atoms with Gasteiger partial charge >= 0.3 is 0 Å². The third kappa shape index (κ3) is 5.74. The molecule has 0 fully saturated rings. The van der Waals surface area contributed by atoms with Crippen LogP contribution in [0.2, 0.25) is 0 Å². The van der Waals surface area contributed by atoms with Crippen LogP contribution in [0.15, 0.2) is 35.3 Å². The minimum Gasteiger partial charge on any atom is -0.496 e. The first kappa shape index (κ1) is 23.7. The molecule has 0 atom stereocenters. The highest BCUT2D eigenvalue weighted by Gasteiger charge is 2.15. The molecule has 0 aliphatic carbocycles. The van der Waals surface area contributed by atoms with Gasteiger partial charge in [0, 0.05) is 37.4 Å². The number of methoxy groups -OCH3 is 3. The van der Waals surface area contributed by atoms with E-state index in [4.69, 9.17) is 23.7 Å². The van der Waals surface area contributed by atoms with Crippen molar-refractivity contribution in [2.75, 3.05) is 46.9 Å². The Hall–Kier alpha value is -2.56. The van der Waals surface area contributed by atoms with Crippen LogP contribution in [-0.2, 0) is 6.54 Å². The van der Waals surface area contributed by atoms with E-state index in [9.17, 15) is 0 Å². The number of benzene rings is 2. The van der Waals surface area contributed by atoms with E-state index < -0.39 is 0 Å². The SMILES string of the molecule is CN=C(NCc1c(OC)cc(OC)cc1OC)Nc1ccc2c(c1)OCCCO2.I. The molecule has 2 aromatic rings. The summed E-state index contributed by atoms with van der Waals surface area (Å²) in [7, 11) is 6.54. The molecule has 0 bridgehead atoms. The van der Waals surface area contributed by atoms with E-state index in [1.54, 1.807) is 28.4 Å². The third-order valence-corrected chi connectivity index (χ3v) is 4.48. The second-order valence-corrected chi connectivity index (χ2v) is 6.27. The molecule has 0 amide bonds. The van der Waals surface area contributed by atoms with Crippen LogP contribution >= 0.6 is 24.0 Å². The quantitative estimate of drug-likeness (QED) is 0.336. The fourth-order valence-corrected chi connectivity index (χ4v) is 2.98. The van der Waals surface area contributed by atoms with Gasteiger partial charge in [0.05, 0.1) is 46.7 Å². The van der Waals surface area contributed by atoms with Crippen molar-refractivity contribution in [2.24, 2.45) is 4.99 Å². The van der Waals surface area contributed by atoms with Crippen molar-refractivity contribution < 1.29 is 23.7 Å². The third-order valence-electron chi connectivity index (χ3n) is 4.48. The zero-order valence-corrected chi connectivity index (χ0v) is 19.9. The lowest BCUT2D eigenvalue weighted by atomic mass is 10.1. The van der Waals surface area contributed by atoms with Crippen molar-refractivity contribution in [1.82, 2.24) is 5.32 Å². The highest BCUT2D eigenvalue weighted by atomic mass is 127. The van der Waals surface area contributed by atoms with Crippen molar-refractivity contribution in [1.29, 1.82) is 0 Å². The first-order valence-electron chi connectivity index (χ1n) is 9.34. The summed E-state index contributed by atoms with van der Waals surface area (Å²) in [5.74, 6) is 4.07. The molecular weight excluding hydrogens is 501 g/mol. The summed E-state index contributed by atoms with van der Waals surface area (Å²) in [6.45, 7) is 1.75. The second kappa shape index (κ2) is 11.6. The van der Waals surface area contributed by atoms with E-state index in [1.165, 1.54) is 0 Å². The predicted molar refractivity (Wildman–Crippen MR) is 127 cm³/mol. The molecule has 8 nitrogen and oxygen atoms in total. The number of aliphatic imine (C=N–C) groups is 1. The van der Waals surface area contributed by atoms with E-state index in [-0.39, 0.29) is 24.0 Å². The number of hydrogen-bond donors (Lipinski definition) is 2. The predicted octanol–water partition coefficient (Wildman–Crippen LogP) is 3.68. The molecule has 2 aromatic carbocycles. The zero-order chi connectivity index (χ0) is 20.6. The number of anilines is 1. The van der Waals surface area contributed by atoms with Crippen LogP contribution in [0, 0.1) is 0 Å². The average molecular weight is 529 g/mol. The molecule has 0 aromatic heterocycles. The van der Waals surface area contributed by atoms with Gasteiger partial charge in [-0.05, 0) is 12.1 Å². The Morgan fingerprint density at radius 2 is 1.63 bits per heavy atom. The van der Waals surface area contributed by atoms with Gasteiger partial charge in [0.2, 0.25) is 0 Å². The number of fused-ring (bicyclic) bond motifs is 1. The van der Waals surface area contributed by atoms with Crippen molar-refractivity contribution in [3.8, 4) is 28.7 Å². The van der Waals surface area contributed by atoms with Gasteiger partial charge in [0.25, 0.3) is 0 Å². The molecule has 1 aliphatic heterocycles. The number of ether oxygens (including phenoxy) is 5. The highest BCUT2D eigenvalue weighted by Crippen LogP contribution is 2.34. The summed E-state index contributed by atoms with van der Waals surface area (Å²) in [6, 6.07) is 9.36. The van der Waals surface area contributed by atoms with Crippen LogP contribution in [0.25, 0.3) is 0 Å². The summed E-state index contributed by atoms with van der Waals surface area (Å²) in [6.07, 6.45) is 0.867. The van der Waals surface area contributed by atoms with Gasteiger partial charge in [-0.2, -0.15) is 0 Å². The number of halogens is 1. The molecule has 1 heterocycles. The smallest absolute Gasteiger partial charge is 0.195 e. The van der Waals surface area contributed by atoms with Gasteiger partial charge in [-0.25, -0.2) is 0 Å². The van der Waals surface area contributed by atoms with Crippen LogP contribution in [-0.4, -0.2) is 47.6 Å². The fraction of sp³-hybridized carbons (Fsp3) is 0.381. The lowest BCUT2D eigenvalue weighted by Gasteiger charge is -2.17. The van der Waals surface area contributed by atoms with E-state index in [1.807, 2.05) is 30.3 Å². The van der Waals surface area contributed by atoms with Crippen LogP contribution in [0.5, 0.6) is 28.7 Å². The van der Waals surface area contributed by atoms with E-state index in [2.05, 4.69) is 15.6 Å². The molecule has 0 saturated carbocycles. The van der Waals surface area contributed by atoms with Gasteiger partial charge in [-0.3, -0.25) is 4.99 Å². The Morgan fingerprint density at radius 1 is 0.967 bits per heavy atom. The van der Waals surface area contributed by atoms with Crippen LogP contribution in [0.4, 0.5) is 5.69 Å². The number of nitrogens with one attached hydrogen (secondary N) is 2. The minimum absolute atomic E-state index is 0. The lowest BCUT2D eigenvalue weighted by molar-refractivity contribution is 0.297. The summed E-state index contributed by atoms with van der Waals surface area (Å²) in [5, 5.41) is 6.54. The van der Waals surface area contributed by atoms with Crippen molar-refractivity contribution in [2.45, 2.75) is 13.0 Å². The highest BCUT2D eigenvalue weighted by molar-refractivity contribution is 14.0. The number of nitrogens with zero attached hydrogens (tertiary/aromatic N) is 1. The maximum atomic E-state index is 5.75. The Labute approximate surface area is 193 Å². The van der Waals surface area contributed by atoms with Gasteiger partial charge in [0.15, 0.2) is 17.5 Å². The van der Waals surface area contributed by atoms with Crippen LogP contribution in [0.1, 0.15) is 12.0 Å². The van der Waals surface area contributed by atoms with E-state index in [0.29, 0.717) is 43.0 Å². The Bertz CT molecular complexity index is 851. The topological polar surface area (TPSA) is 82.6 Å². The molecule has 0 saturated heterocycles. The standard InChI is InChI=1S/C21H27N3O5.HI/c1-22-21(24-14-6-7-17-20(10-14)29-9-5-8-28-17)23-13-16-18(26-3)11-15(25-2)12-19(16)27-4;/h6-7,10-12H,5,8-9,13H2,1-4H3,(H2,22,23,24);1H. The van der Waals surface area contributed by atoms with Gasteiger partial charge < -0.3 is 34.3 Å². The maximum Gasteiger partial charge on any atom is 0.195 e. The zero-order valence-electron chi connectivity index (χ0n) is 17.6. The molecule has 0 spiro atoms. The van der Waals surface area contributed by atoms with Crippen LogP contribution < -0.4 is 34.3 Å². The van der Waals surface area contributed by atoms with Gasteiger partial charge in [0.1, 0.15) is 17.2 Å². The van der Waals surface area contributed by atoms with Gasteiger partial charge in [-0.1, -0.05) is 0 Å². The van der Waals surface area contributed by atoms with E-state index >= 15 is 0 Å². The molecule has 2 N–H and O–H groups in total. The molecule has 3 rings (SSSR count). The van der Waals surface area contributed by atoms with Crippen molar-refractivity contribution >= 4 is 35.6 Å². The number of hydrogen-bond acceptors (Lipinski definition) is 6. The summed E-state index contributed by atoms with van der Waals surface area (Å²) < 4.78 is 27.7. The lowest BCUT2D eigenvalue weighted by Crippen LogP contribution is -2.30. The van der Waals surface area contributed by atoms with E-state index in [0.717, 1.165) is 29.2 Å². The molecule has 0 unspecified atom stereocenters. The normalized spacial score (nSPS) is 12.9. The minimum atomic E-state index is 0. The second-order valence-electron chi connectivity index (χ2n) is 6.27. The van der Waals surface area contributed by atoms with Gasteiger partial charge in [-0.15, -0.1) is 24.0 Å². The summed E-state index contributed by atoms with van der Waals surface area (Å²) in [4.78, 5) is 4.29. The molecule has 164 valence electrons. The first-order chi connectivity index (χ1) is 14.2. The van der Waals surface area contributed by atoms with Crippen LogP contribution in [0.3, 0.4) is 0 Å². The summed E-state index contributed by atoms with van der Waals surface area (Å²) >= 11 is 0. The Kier molecular flexibility index (Phi) is 9.15. The maximum absolute atomic E-state index is 5.75. The largest absolute Gasteiger partial charge is 0.496 e. The van der Waals surface area contributed by atoms with Crippen molar-refractivity contribution in [3.05, 3.63) is 35.9 Å². The number of rotatable bonds is 6. The first-order valence-corrected chi connectivity index (χ1v) is 9.34. The Morgan fingerprint density at radius 3 is 2.23 bits per heavy atom. The van der Waals surface area contributed by atoms with Crippen molar-refractivity contribution in [3.63, 3.8) is 0 Å². The number of guanidine groups is 1. The molecule has 1 aliphatic rings. The molecule has 9 heteroatoms. The molecule has 0 radical (unpaired) electrons. The molecular formula is C21H28IN3O5.